The molecule has 0 spiro atoms. The third-order valence-electron chi connectivity index (χ3n) is 2.94. The quantitative estimate of drug-likeness (QED) is 0.692. The highest BCUT2D eigenvalue weighted by atomic mass is 16.5. The molecule has 0 amide bonds. The Hall–Kier alpha value is -1.04. The number of hydrogen-bond donors (Lipinski definition) is 2. The average molecular weight is 251 g/mol. The van der Waals surface area contributed by atoms with E-state index in [0.717, 1.165) is 13.1 Å². The second-order valence-electron chi connectivity index (χ2n) is 4.52. The van der Waals surface area contributed by atoms with Crippen molar-refractivity contribution in [2.24, 2.45) is 0 Å². The fourth-order valence-electron chi connectivity index (χ4n) is 1.83. The minimum Gasteiger partial charge on any atom is -0.492 e. The van der Waals surface area contributed by atoms with Crippen LogP contribution in [-0.2, 0) is 0 Å². The molecule has 0 unspecified atom stereocenters. The van der Waals surface area contributed by atoms with Gasteiger partial charge in [0.25, 0.3) is 0 Å². The predicted octanol–water partition coefficient (Wildman–Crippen LogP) is 0.475. The van der Waals surface area contributed by atoms with Crippen molar-refractivity contribution >= 4 is 12.6 Å². The van der Waals surface area contributed by atoms with Gasteiger partial charge in [-0.05, 0) is 38.0 Å². The van der Waals surface area contributed by atoms with Crippen LogP contribution >= 0.6 is 0 Å². The summed E-state index contributed by atoms with van der Waals surface area (Å²) in [7, 11) is -1.45. The molecule has 2 N–H and O–H groups in total. The third-order valence-corrected chi connectivity index (χ3v) is 2.94. The van der Waals surface area contributed by atoms with Crippen LogP contribution in [0.15, 0.2) is 24.3 Å². The largest absolute Gasteiger partial charge is 0.492 e. The van der Waals surface area contributed by atoms with Crippen molar-refractivity contribution in [1.29, 1.82) is 0 Å². The van der Waals surface area contributed by atoms with Crippen molar-refractivity contribution < 1.29 is 14.8 Å². The summed E-state index contributed by atoms with van der Waals surface area (Å²) in [4.78, 5) is 2.31. The number of hydrogen-bond acceptors (Lipinski definition) is 4. The van der Waals surface area contributed by atoms with E-state index in [1.807, 2.05) is 6.07 Å². The first-order valence-electron chi connectivity index (χ1n) is 6.37. The predicted molar refractivity (Wildman–Crippen MR) is 74.1 cm³/mol. The van der Waals surface area contributed by atoms with Gasteiger partial charge in [-0.3, -0.25) is 4.90 Å². The first-order chi connectivity index (χ1) is 8.54. The molecule has 0 atom stereocenters. The summed E-state index contributed by atoms with van der Waals surface area (Å²) in [6.07, 6.45) is 0. The van der Waals surface area contributed by atoms with E-state index in [0.29, 0.717) is 23.9 Å². The summed E-state index contributed by atoms with van der Waals surface area (Å²) in [6.45, 7) is 8.90. The molecule has 0 aliphatic heterocycles. The van der Waals surface area contributed by atoms with E-state index in [4.69, 9.17) is 14.8 Å². The van der Waals surface area contributed by atoms with Crippen LogP contribution in [0.25, 0.3) is 0 Å². The van der Waals surface area contributed by atoms with E-state index in [1.165, 1.54) is 0 Å². The molecule has 0 bridgehead atoms. The highest BCUT2D eigenvalue weighted by Gasteiger charge is 2.11. The van der Waals surface area contributed by atoms with Crippen molar-refractivity contribution in [2.75, 3.05) is 19.7 Å². The van der Waals surface area contributed by atoms with E-state index in [1.54, 1.807) is 18.2 Å². The molecule has 18 heavy (non-hydrogen) atoms. The van der Waals surface area contributed by atoms with E-state index < -0.39 is 7.12 Å². The first kappa shape index (κ1) is 15.0. The second kappa shape index (κ2) is 7.41. The second-order valence-corrected chi connectivity index (χ2v) is 4.52. The zero-order chi connectivity index (χ0) is 13.5. The standard InChI is InChI=1S/C13H22BNO3/c1-4-15(11(2)3)8-9-18-13-7-5-6-12(10-13)14(16)17/h5-7,10-11,16-17H,4,8-9H2,1-3H3. The summed E-state index contributed by atoms with van der Waals surface area (Å²) < 4.78 is 5.62. The van der Waals surface area contributed by atoms with Crippen LogP contribution < -0.4 is 10.2 Å². The maximum Gasteiger partial charge on any atom is 0.488 e. The first-order valence-corrected chi connectivity index (χ1v) is 6.37. The van der Waals surface area contributed by atoms with Gasteiger partial charge in [-0.15, -0.1) is 0 Å². The maximum absolute atomic E-state index is 9.06. The van der Waals surface area contributed by atoms with Crippen molar-refractivity contribution in [2.45, 2.75) is 26.8 Å². The SMILES string of the molecule is CCN(CCOc1cccc(B(O)O)c1)C(C)C. The topological polar surface area (TPSA) is 52.9 Å². The van der Waals surface area contributed by atoms with E-state index in [9.17, 15) is 0 Å². The summed E-state index contributed by atoms with van der Waals surface area (Å²) >= 11 is 0. The average Bonchev–Trinajstić information content (AvgIpc) is 2.34. The van der Waals surface area contributed by atoms with Crippen LogP contribution in [0.1, 0.15) is 20.8 Å². The fourth-order valence-corrected chi connectivity index (χ4v) is 1.83. The molecule has 0 saturated carbocycles. The Morgan fingerprint density at radius 3 is 2.61 bits per heavy atom. The van der Waals surface area contributed by atoms with Crippen LogP contribution in [0.2, 0.25) is 0 Å². The van der Waals surface area contributed by atoms with Gasteiger partial charge in [0.2, 0.25) is 0 Å². The van der Waals surface area contributed by atoms with Crippen molar-refractivity contribution in [3.8, 4) is 5.75 Å². The van der Waals surface area contributed by atoms with Gasteiger partial charge in [-0.2, -0.15) is 0 Å². The number of rotatable bonds is 7. The summed E-state index contributed by atoms with van der Waals surface area (Å²) in [6, 6.07) is 7.38. The number of ether oxygens (including phenoxy) is 1. The molecule has 0 aliphatic rings. The van der Waals surface area contributed by atoms with Crippen LogP contribution in [0.3, 0.4) is 0 Å². The zero-order valence-electron chi connectivity index (χ0n) is 11.3. The molecule has 0 heterocycles. The molecule has 1 aromatic carbocycles. The molecule has 1 rings (SSSR count). The Labute approximate surface area is 109 Å². The minimum atomic E-state index is -1.45. The smallest absolute Gasteiger partial charge is 0.488 e. The Kier molecular flexibility index (Phi) is 6.19. The molecular weight excluding hydrogens is 229 g/mol. The molecule has 1 aromatic rings. The normalized spacial score (nSPS) is 11.1. The van der Waals surface area contributed by atoms with Gasteiger partial charge >= 0.3 is 7.12 Å². The minimum absolute atomic E-state index is 0.448. The van der Waals surface area contributed by atoms with Gasteiger partial charge in [0.1, 0.15) is 12.4 Å². The molecule has 0 fully saturated rings. The molecule has 0 aromatic heterocycles. The third kappa shape index (κ3) is 4.68. The van der Waals surface area contributed by atoms with Gasteiger partial charge in [-0.1, -0.05) is 19.1 Å². The Morgan fingerprint density at radius 1 is 1.33 bits per heavy atom. The van der Waals surface area contributed by atoms with E-state index in [2.05, 4.69) is 25.7 Å². The molecule has 100 valence electrons. The van der Waals surface area contributed by atoms with Crippen LogP contribution in [0.5, 0.6) is 5.75 Å². The lowest BCUT2D eigenvalue weighted by Crippen LogP contribution is -2.34. The highest BCUT2D eigenvalue weighted by Crippen LogP contribution is 2.08. The fraction of sp³-hybridized carbons (Fsp3) is 0.538. The van der Waals surface area contributed by atoms with Gasteiger partial charge in [0.15, 0.2) is 0 Å². The lowest BCUT2D eigenvalue weighted by Gasteiger charge is -2.24. The Balaban J connectivity index is 2.46. The van der Waals surface area contributed by atoms with Crippen LogP contribution in [0.4, 0.5) is 0 Å². The van der Waals surface area contributed by atoms with Crippen molar-refractivity contribution in [3.05, 3.63) is 24.3 Å². The molecule has 5 heteroatoms. The number of likely N-dealkylation sites (N-methyl/N-ethyl adjacent to an activating group) is 1. The Bertz CT molecular complexity index is 358. The maximum atomic E-state index is 9.06. The lowest BCUT2D eigenvalue weighted by molar-refractivity contribution is 0.183. The summed E-state index contributed by atoms with van der Waals surface area (Å²) in [5.41, 5.74) is 0.448. The number of benzene rings is 1. The zero-order valence-corrected chi connectivity index (χ0v) is 11.3. The van der Waals surface area contributed by atoms with Gasteiger partial charge in [-0.25, -0.2) is 0 Å². The van der Waals surface area contributed by atoms with E-state index in [-0.39, 0.29) is 0 Å². The number of nitrogens with zero attached hydrogens (tertiary/aromatic N) is 1. The van der Waals surface area contributed by atoms with Crippen LogP contribution in [0, 0.1) is 0 Å². The van der Waals surface area contributed by atoms with Crippen molar-refractivity contribution in [1.82, 2.24) is 4.90 Å². The molecule has 0 aliphatic carbocycles. The molecule has 4 nitrogen and oxygen atoms in total. The van der Waals surface area contributed by atoms with Crippen molar-refractivity contribution in [3.63, 3.8) is 0 Å². The summed E-state index contributed by atoms with van der Waals surface area (Å²) in [5.74, 6) is 0.667. The molecule has 0 radical (unpaired) electrons. The highest BCUT2D eigenvalue weighted by molar-refractivity contribution is 6.58. The van der Waals surface area contributed by atoms with Crippen LogP contribution in [-0.4, -0.2) is 47.8 Å². The Morgan fingerprint density at radius 2 is 2.06 bits per heavy atom. The lowest BCUT2D eigenvalue weighted by atomic mass is 9.80. The van der Waals surface area contributed by atoms with Gasteiger partial charge < -0.3 is 14.8 Å². The molecule has 0 saturated heterocycles. The van der Waals surface area contributed by atoms with E-state index >= 15 is 0 Å². The summed E-state index contributed by atoms with van der Waals surface area (Å²) in [5, 5.41) is 18.1. The molecular formula is C13H22BNO3. The monoisotopic (exact) mass is 251 g/mol. The van der Waals surface area contributed by atoms with Gasteiger partial charge in [0, 0.05) is 12.6 Å². The van der Waals surface area contributed by atoms with Gasteiger partial charge in [0.05, 0.1) is 0 Å².